The molecule has 0 atom stereocenters. The normalized spacial score (nSPS) is 16.0. The first-order chi connectivity index (χ1) is 12.5. The van der Waals surface area contributed by atoms with Crippen LogP contribution in [0.2, 0.25) is 0 Å². The first-order valence-corrected chi connectivity index (χ1v) is 7.93. The molecule has 3 rings (SSSR count). The average Bonchev–Trinajstić information content (AvgIpc) is 2.62. The van der Waals surface area contributed by atoms with Gasteiger partial charge in [-0.3, -0.25) is 14.9 Å². The summed E-state index contributed by atoms with van der Waals surface area (Å²) in [7, 11) is 0. The van der Waals surface area contributed by atoms with Crippen molar-refractivity contribution in [2.24, 2.45) is 0 Å². The lowest BCUT2D eigenvalue weighted by atomic mass is 10.1. The van der Waals surface area contributed by atoms with Crippen molar-refractivity contribution in [3.8, 4) is 11.5 Å². The first kappa shape index (κ1) is 17.2. The highest BCUT2D eigenvalue weighted by atomic mass is 16.5. The fourth-order valence-electron chi connectivity index (χ4n) is 2.49. The van der Waals surface area contributed by atoms with E-state index in [1.54, 1.807) is 36.4 Å². The number of phenols is 1. The molecule has 4 amide bonds. The molecule has 26 heavy (non-hydrogen) atoms. The lowest BCUT2D eigenvalue weighted by molar-refractivity contribution is -0.122. The molecule has 1 saturated heterocycles. The Labute approximate surface area is 149 Å². The van der Waals surface area contributed by atoms with Crippen molar-refractivity contribution in [1.29, 1.82) is 0 Å². The maximum absolute atomic E-state index is 12.7. The number of ether oxygens (including phenoxy) is 1. The largest absolute Gasteiger partial charge is 0.508 e. The van der Waals surface area contributed by atoms with Crippen molar-refractivity contribution < 1.29 is 24.2 Å². The highest BCUT2D eigenvalue weighted by Crippen LogP contribution is 2.24. The number of nitrogens with one attached hydrogen (secondary N) is 1. The van der Waals surface area contributed by atoms with Gasteiger partial charge in [-0.1, -0.05) is 12.1 Å². The Morgan fingerprint density at radius 1 is 1.04 bits per heavy atom. The third-order valence-corrected chi connectivity index (χ3v) is 3.71. The molecule has 0 unspecified atom stereocenters. The summed E-state index contributed by atoms with van der Waals surface area (Å²) in [5.41, 5.74) is 0.687. The Kier molecular flexibility index (Phi) is 4.70. The molecule has 0 saturated carbocycles. The summed E-state index contributed by atoms with van der Waals surface area (Å²) in [6, 6.07) is 11.6. The van der Waals surface area contributed by atoms with Crippen LogP contribution >= 0.6 is 0 Å². The second kappa shape index (κ2) is 7.10. The quantitative estimate of drug-likeness (QED) is 0.651. The van der Waals surface area contributed by atoms with E-state index in [1.165, 1.54) is 18.2 Å². The summed E-state index contributed by atoms with van der Waals surface area (Å²) in [5.74, 6) is -0.818. The Hall–Kier alpha value is -3.61. The van der Waals surface area contributed by atoms with E-state index < -0.39 is 17.8 Å². The second-order valence-electron chi connectivity index (χ2n) is 5.48. The summed E-state index contributed by atoms with van der Waals surface area (Å²) in [6.45, 7) is 2.35. The highest BCUT2D eigenvalue weighted by molar-refractivity contribution is 6.39. The van der Waals surface area contributed by atoms with Crippen LogP contribution in [0.15, 0.2) is 54.1 Å². The zero-order chi connectivity index (χ0) is 18.7. The Balaban J connectivity index is 1.93. The molecular weight excluding hydrogens is 336 g/mol. The fourth-order valence-corrected chi connectivity index (χ4v) is 2.49. The van der Waals surface area contributed by atoms with E-state index in [9.17, 15) is 19.5 Å². The number of nitrogens with zero attached hydrogens (tertiary/aromatic N) is 1. The van der Waals surface area contributed by atoms with E-state index in [4.69, 9.17) is 4.74 Å². The molecule has 2 aromatic carbocycles. The maximum Gasteiger partial charge on any atom is 0.335 e. The molecule has 0 aliphatic carbocycles. The molecule has 0 aromatic heterocycles. The zero-order valence-corrected chi connectivity index (χ0v) is 13.9. The number of amides is 4. The molecule has 0 radical (unpaired) electrons. The van der Waals surface area contributed by atoms with Crippen molar-refractivity contribution in [2.75, 3.05) is 11.5 Å². The SMILES string of the molecule is CCOc1ccc(N2C(=O)NC(=O)/C(=C/c3ccc(O)cc3)C2=O)cc1. The molecule has 7 nitrogen and oxygen atoms in total. The van der Waals surface area contributed by atoms with Gasteiger partial charge in [0, 0.05) is 0 Å². The van der Waals surface area contributed by atoms with Crippen LogP contribution in [0.25, 0.3) is 6.08 Å². The van der Waals surface area contributed by atoms with Crippen LogP contribution in [0.1, 0.15) is 12.5 Å². The predicted molar refractivity (Wildman–Crippen MR) is 94.7 cm³/mol. The minimum atomic E-state index is -0.813. The number of phenolic OH excluding ortho intramolecular Hbond substituents is 1. The number of rotatable bonds is 4. The number of anilines is 1. The van der Waals surface area contributed by atoms with Gasteiger partial charge in [0.15, 0.2) is 0 Å². The molecule has 2 aromatic rings. The van der Waals surface area contributed by atoms with E-state index in [2.05, 4.69) is 5.32 Å². The Bertz CT molecular complexity index is 885. The summed E-state index contributed by atoms with van der Waals surface area (Å²) >= 11 is 0. The number of hydrogen-bond donors (Lipinski definition) is 2. The first-order valence-electron chi connectivity index (χ1n) is 7.93. The molecule has 7 heteroatoms. The Morgan fingerprint density at radius 2 is 1.69 bits per heavy atom. The summed E-state index contributed by atoms with van der Waals surface area (Å²) in [6.07, 6.45) is 1.37. The number of urea groups is 1. The standard InChI is InChI=1S/C19H16N2O5/c1-2-26-15-9-5-13(6-10-15)21-18(24)16(17(23)20-19(21)25)11-12-3-7-14(22)8-4-12/h3-11,22H,2H2,1H3,(H,20,23,25)/b16-11-. The van der Waals surface area contributed by atoms with Crippen LogP contribution in [0, 0.1) is 0 Å². The Morgan fingerprint density at radius 3 is 2.31 bits per heavy atom. The monoisotopic (exact) mass is 352 g/mol. The van der Waals surface area contributed by atoms with Crippen molar-refractivity contribution in [1.82, 2.24) is 5.32 Å². The third kappa shape index (κ3) is 3.41. The summed E-state index contributed by atoms with van der Waals surface area (Å²) in [5, 5.41) is 11.5. The van der Waals surface area contributed by atoms with Crippen LogP contribution in [0.5, 0.6) is 11.5 Å². The van der Waals surface area contributed by atoms with Crippen molar-refractivity contribution in [3.05, 3.63) is 59.7 Å². The molecule has 0 bridgehead atoms. The minimum absolute atomic E-state index is 0.0674. The lowest BCUT2D eigenvalue weighted by Crippen LogP contribution is -2.54. The van der Waals surface area contributed by atoms with Gasteiger partial charge >= 0.3 is 6.03 Å². The molecule has 0 spiro atoms. The van der Waals surface area contributed by atoms with Gasteiger partial charge in [-0.05, 0) is 55.0 Å². The number of imide groups is 2. The molecule has 1 fully saturated rings. The van der Waals surface area contributed by atoms with Gasteiger partial charge in [0.1, 0.15) is 17.1 Å². The van der Waals surface area contributed by atoms with Gasteiger partial charge in [0.2, 0.25) is 0 Å². The van der Waals surface area contributed by atoms with E-state index in [-0.39, 0.29) is 11.3 Å². The molecule has 1 aliphatic rings. The fraction of sp³-hybridized carbons (Fsp3) is 0.105. The van der Waals surface area contributed by atoms with Gasteiger partial charge < -0.3 is 9.84 Å². The molecule has 132 valence electrons. The minimum Gasteiger partial charge on any atom is -0.508 e. The van der Waals surface area contributed by atoms with E-state index in [1.807, 2.05) is 6.92 Å². The molecule has 1 heterocycles. The van der Waals surface area contributed by atoms with Gasteiger partial charge in [-0.2, -0.15) is 0 Å². The van der Waals surface area contributed by atoms with Crippen molar-refractivity contribution in [3.63, 3.8) is 0 Å². The average molecular weight is 352 g/mol. The number of hydrogen-bond acceptors (Lipinski definition) is 5. The van der Waals surface area contributed by atoms with E-state index >= 15 is 0 Å². The third-order valence-electron chi connectivity index (χ3n) is 3.71. The smallest absolute Gasteiger partial charge is 0.335 e. The van der Waals surface area contributed by atoms with E-state index in [0.29, 0.717) is 23.6 Å². The van der Waals surface area contributed by atoms with Crippen molar-refractivity contribution >= 4 is 29.6 Å². The van der Waals surface area contributed by atoms with E-state index in [0.717, 1.165) is 4.90 Å². The lowest BCUT2D eigenvalue weighted by Gasteiger charge is -2.26. The molecule has 1 aliphatic heterocycles. The van der Waals surface area contributed by atoms with Crippen LogP contribution < -0.4 is 15.0 Å². The van der Waals surface area contributed by atoms with Gasteiger partial charge in [-0.25, -0.2) is 9.69 Å². The topological polar surface area (TPSA) is 95.9 Å². The van der Waals surface area contributed by atoms with Crippen molar-refractivity contribution in [2.45, 2.75) is 6.92 Å². The molecule has 2 N–H and O–H groups in total. The van der Waals surface area contributed by atoms with Crippen LogP contribution in [0.3, 0.4) is 0 Å². The predicted octanol–water partition coefficient (Wildman–Crippen LogP) is 2.46. The number of aromatic hydroxyl groups is 1. The van der Waals surface area contributed by atoms with Gasteiger partial charge in [-0.15, -0.1) is 0 Å². The zero-order valence-electron chi connectivity index (χ0n) is 13.9. The number of barbiturate groups is 1. The summed E-state index contributed by atoms with van der Waals surface area (Å²) in [4.78, 5) is 37.9. The molecular formula is C19H16N2O5. The van der Waals surface area contributed by atoms with Crippen LogP contribution in [-0.2, 0) is 9.59 Å². The maximum atomic E-state index is 12.7. The van der Waals surface area contributed by atoms with Gasteiger partial charge in [0.25, 0.3) is 11.8 Å². The highest BCUT2D eigenvalue weighted by Gasteiger charge is 2.36. The summed E-state index contributed by atoms with van der Waals surface area (Å²) < 4.78 is 5.34. The number of benzene rings is 2. The van der Waals surface area contributed by atoms with Crippen LogP contribution in [-0.4, -0.2) is 29.6 Å². The van der Waals surface area contributed by atoms with Crippen LogP contribution in [0.4, 0.5) is 10.5 Å². The van der Waals surface area contributed by atoms with Gasteiger partial charge in [0.05, 0.1) is 12.3 Å². The number of carbonyl (C=O) groups is 3. The second-order valence-corrected chi connectivity index (χ2v) is 5.48. The number of carbonyl (C=O) groups excluding carboxylic acids is 3.